The SMILES string of the molecule is COc1ccc(C(=O)C(c2ccccc2C)N(O[Si](C)(C)C)c2ccccc2OC)cc1. The smallest absolute Gasteiger partial charge is 0.220 e. The average Bonchev–Trinajstić information content (AvgIpc) is 2.79. The van der Waals surface area contributed by atoms with Crippen LogP contribution in [0, 0.1) is 6.92 Å². The van der Waals surface area contributed by atoms with Gasteiger partial charge < -0.3 is 14.0 Å². The minimum absolute atomic E-state index is 0.0638. The number of hydrogen-bond acceptors (Lipinski definition) is 5. The summed E-state index contributed by atoms with van der Waals surface area (Å²) in [4.78, 5) is 14.0. The van der Waals surface area contributed by atoms with E-state index >= 15 is 0 Å². The van der Waals surface area contributed by atoms with Crippen LogP contribution in [0.1, 0.15) is 27.5 Å². The zero-order chi connectivity index (χ0) is 23.3. The second-order valence-corrected chi connectivity index (χ2v) is 13.0. The molecule has 3 aromatic rings. The molecule has 6 heteroatoms. The summed E-state index contributed by atoms with van der Waals surface area (Å²) in [5.41, 5.74) is 3.20. The maximum absolute atomic E-state index is 14.0. The summed E-state index contributed by atoms with van der Waals surface area (Å²) >= 11 is 0. The molecule has 5 nitrogen and oxygen atoms in total. The van der Waals surface area contributed by atoms with Crippen molar-refractivity contribution in [3.05, 3.63) is 89.5 Å². The number of rotatable bonds is 9. The van der Waals surface area contributed by atoms with Gasteiger partial charge in [-0.3, -0.25) is 4.79 Å². The van der Waals surface area contributed by atoms with Crippen LogP contribution in [0.4, 0.5) is 5.69 Å². The largest absolute Gasteiger partial charge is 0.497 e. The van der Waals surface area contributed by atoms with Crippen LogP contribution in [-0.4, -0.2) is 28.3 Å². The molecule has 32 heavy (non-hydrogen) atoms. The molecule has 0 radical (unpaired) electrons. The van der Waals surface area contributed by atoms with E-state index in [1.54, 1.807) is 43.5 Å². The fourth-order valence-corrected chi connectivity index (χ4v) is 4.32. The lowest BCUT2D eigenvalue weighted by atomic mass is 9.93. The molecule has 0 amide bonds. The van der Waals surface area contributed by atoms with Crippen LogP contribution < -0.4 is 14.5 Å². The normalized spacial score (nSPS) is 12.2. The van der Waals surface area contributed by atoms with Gasteiger partial charge in [-0.05, 0) is 74.1 Å². The third-order valence-electron chi connectivity index (χ3n) is 5.04. The van der Waals surface area contributed by atoms with Gasteiger partial charge in [-0.2, -0.15) is 0 Å². The summed E-state index contributed by atoms with van der Waals surface area (Å²) < 4.78 is 17.5. The Morgan fingerprint density at radius 3 is 2.06 bits per heavy atom. The first kappa shape index (κ1) is 23.6. The van der Waals surface area contributed by atoms with Crippen LogP contribution in [0.5, 0.6) is 11.5 Å². The number of hydrogen-bond donors (Lipinski definition) is 0. The van der Waals surface area contributed by atoms with Crippen molar-refractivity contribution in [3.63, 3.8) is 0 Å². The molecule has 3 rings (SSSR count). The van der Waals surface area contributed by atoms with Crippen molar-refractivity contribution in [2.45, 2.75) is 32.6 Å². The van der Waals surface area contributed by atoms with Crippen molar-refractivity contribution >= 4 is 19.8 Å². The predicted octanol–water partition coefficient (Wildman–Crippen LogP) is 6.21. The summed E-state index contributed by atoms with van der Waals surface area (Å²) in [5, 5.41) is 1.75. The van der Waals surface area contributed by atoms with Gasteiger partial charge in [0.25, 0.3) is 0 Å². The number of Topliss-reactive ketones (excluding diaryl/α,β-unsaturated/α-hetero) is 1. The van der Waals surface area contributed by atoms with E-state index < -0.39 is 14.4 Å². The number of para-hydroxylation sites is 2. The van der Waals surface area contributed by atoms with Crippen LogP contribution in [0.2, 0.25) is 19.6 Å². The molecule has 1 atom stereocenters. The number of aryl methyl sites for hydroxylation is 1. The maximum atomic E-state index is 14.0. The first-order valence-corrected chi connectivity index (χ1v) is 14.0. The Labute approximate surface area is 191 Å². The maximum Gasteiger partial charge on any atom is 0.220 e. The lowest BCUT2D eigenvalue weighted by Crippen LogP contribution is -2.43. The van der Waals surface area contributed by atoms with Crippen molar-refractivity contribution in [2.24, 2.45) is 0 Å². The van der Waals surface area contributed by atoms with Crippen molar-refractivity contribution in [3.8, 4) is 11.5 Å². The molecule has 0 aliphatic rings. The van der Waals surface area contributed by atoms with E-state index in [0.717, 1.165) is 11.1 Å². The zero-order valence-corrected chi connectivity index (χ0v) is 20.6. The van der Waals surface area contributed by atoms with Gasteiger partial charge in [-0.1, -0.05) is 36.4 Å². The number of benzene rings is 3. The molecule has 1 unspecified atom stereocenters. The lowest BCUT2D eigenvalue weighted by Gasteiger charge is -2.37. The number of nitrogens with zero attached hydrogens (tertiary/aromatic N) is 1. The first-order chi connectivity index (χ1) is 15.2. The zero-order valence-electron chi connectivity index (χ0n) is 19.6. The van der Waals surface area contributed by atoms with Crippen LogP contribution in [0.25, 0.3) is 0 Å². The quantitative estimate of drug-likeness (QED) is 0.221. The van der Waals surface area contributed by atoms with Crippen molar-refractivity contribution in [1.29, 1.82) is 0 Å². The highest BCUT2D eigenvalue weighted by Gasteiger charge is 2.35. The predicted molar refractivity (Wildman–Crippen MR) is 131 cm³/mol. The molecule has 0 saturated carbocycles. The molecule has 0 heterocycles. The number of anilines is 1. The Balaban J connectivity index is 2.21. The van der Waals surface area contributed by atoms with Crippen LogP contribution in [0.3, 0.4) is 0 Å². The first-order valence-electron chi connectivity index (χ1n) is 10.6. The fourth-order valence-electron chi connectivity index (χ4n) is 3.53. The number of ether oxygens (including phenoxy) is 2. The van der Waals surface area contributed by atoms with Gasteiger partial charge in [0, 0.05) is 5.56 Å². The molecule has 3 aromatic carbocycles. The van der Waals surface area contributed by atoms with Crippen molar-refractivity contribution in [1.82, 2.24) is 0 Å². The topological polar surface area (TPSA) is 48.0 Å². The molecule has 0 saturated heterocycles. The summed E-state index contributed by atoms with van der Waals surface area (Å²) in [7, 11) is 1.12. The number of hydroxylamine groups is 1. The van der Waals surface area contributed by atoms with Crippen molar-refractivity contribution < 1.29 is 18.8 Å². The third kappa shape index (κ3) is 5.39. The van der Waals surface area contributed by atoms with E-state index in [1.165, 1.54) is 0 Å². The molecular formula is C26H31NO4Si. The molecule has 0 spiro atoms. The Hall–Kier alpha value is -3.09. The second-order valence-electron chi connectivity index (χ2n) is 8.55. The number of methoxy groups -OCH3 is 2. The molecule has 0 bridgehead atoms. The molecule has 0 aliphatic carbocycles. The van der Waals surface area contributed by atoms with E-state index in [9.17, 15) is 4.79 Å². The van der Waals surface area contributed by atoms with E-state index in [1.807, 2.05) is 55.5 Å². The lowest BCUT2D eigenvalue weighted by molar-refractivity contribution is 0.0904. The molecule has 0 aliphatic heterocycles. The number of ketones is 1. The summed E-state index contributed by atoms with van der Waals surface area (Å²) in [5.74, 6) is 1.28. The van der Waals surface area contributed by atoms with E-state index in [-0.39, 0.29) is 5.78 Å². The molecule has 0 aromatic heterocycles. The fraction of sp³-hybridized carbons (Fsp3) is 0.269. The highest BCUT2D eigenvalue weighted by Crippen LogP contribution is 2.38. The summed E-state index contributed by atoms with van der Waals surface area (Å²) in [6, 6.07) is 22.0. The Morgan fingerprint density at radius 1 is 0.844 bits per heavy atom. The minimum Gasteiger partial charge on any atom is -0.497 e. The monoisotopic (exact) mass is 449 g/mol. The van der Waals surface area contributed by atoms with E-state index in [0.29, 0.717) is 22.7 Å². The highest BCUT2D eigenvalue weighted by molar-refractivity contribution is 6.69. The van der Waals surface area contributed by atoms with Crippen molar-refractivity contribution in [2.75, 3.05) is 19.3 Å². The molecule has 0 N–H and O–H groups in total. The van der Waals surface area contributed by atoms with Gasteiger partial charge in [-0.15, -0.1) is 0 Å². The number of carbonyl (C=O) groups is 1. The van der Waals surface area contributed by atoms with Gasteiger partial charge in [0.2, 0.25) is 8.32 Å². The van der Waals surface area contributed by atoms with Crippen LogP contribution in [0.15, 0.2) is 72.8 Å². The third-order valence-corrected chi connectivity index (χ3v) is 5.78. The van der Waals surface area contributed by atoms with Gasteiger partial charge in [0.15, 0.2) is 5.78 Å². The van der Waals surface area contributed by atoms with Gasteiger partial charge in [0.1, 0.15) is 23.2 Å². The molecule has 0 fully saturated rings. The van der Waals surface area contributed by atoms with Crippen LogP contribution in [-0.2, 0) is 4.53 Å². The Kier molecular flexibility index (Phi) is 7.38. The van der Waals surface area contributed by atoms with Gasteiger partial charge >= 0.3 is 0 Å². The Morgan fingerprint density at radius 2 is 1.47 bits per heavy atom. The van der Waals surface area contributed by atoms with Crippen LogP contribution >= 0.6 is 0 Å². The standard InChI is InChI=1S/C26H31NO4Si/c1-19-11-7-8-12-22(19)25(26(28)20-15-17-21(29-2)18-16-20)27(31-32(4,5)6)23-13-9-10-14-24(23)30-3/h7-18,25H,1-6H3. The van der Waals surface area contributed by atoms with Gasteiger partial charge in [-0.25, -0.2) is 5.06 Å². The average molecular weight is 450 g/mol. The van der Waals surface area contributed by atoms with Gasteiger partial charge in [0.05, 0.1) is 14.2 Å². The summed E-state index contributed by atoms with van der Waals surface area (Å²) in [6.07, 6.45) is 0. The summed E-state index contributed by atoms with van der Waals surface area (Å²) in [6.45, 7) is 8.31. The molecular weight excluding hydrogens is 418 g/mol. The van der Waals surface area contributed by atoms with E-state index in [2.05, 4.69) is 19.6 Å². The Bertz CT molecular complexity index is 1060. The number of carbonyl (C=O) groups excluding carboxylic acids is 1. The molecule has 168 valence electrons. The minimum atomic E-state index is -2.12. The van der Waals surface area contributed by atoms with E-state index in [4.69, 9.17) is 14.0 Å². The second kappa shape index (κ2) is 10.0. The highest BCUT2D eigenvalue weighted by atomic mass is 28.4.